The summed E-state index contributed by atoms with van der Waals surface area (Å²) in [7, 11) is -3.82. The number of phenols is 1. The van der Waals surface area contributed by atoms with Crippen LogP contribution in [0.2, 0.25) is 0 Å². The second-order valence-electron chi connectivity index (χ2n) is 4.76. The fourth-order valence-corrected chi connectivity index (χ4v) is 2.93. The van der Waals surface area contributed by atoms with Crippen LogP contribution < -0.4 is 9.46 Å². The minimum atomic E-state index is -3.82. The lowest BCUT2D eigenvalue weighted by Crippen LogP contribution is -2.13. The molecule has 0 radical (unpaired) electrons. The van der Waals surface area contributed by atoms with Gasteiger partial charge in [0.15, 0.2) is 0 Å². The highest BCUT2D eigenvalue weighted by Crippen LogP contribution is 2.25. The van der Waals surface area contributed by atoms with Gasteiger partial charge in [0.1, 0.15) is 16.4 Å². The molecule has 2 aromatic rings. The molecule has 112 valence electrons. The molecule has 0 fully saturated rings. The molecule has 5 nitrogen and oxygen atoms in total. The Morgan fingerprint density at radius 1 is 1.05 bits per heavy atom. The van der Waals surface area contributed by atoms with Crippen LogP contribution in [0, 0.1) is 0 Å². The van der Waals surface area contributed by atoms with Gasteiger partial charge in [0.2, 0.25) is 0 Å². The first-order valence-corrected chi connectivity index (χ1v) is 7.94. The Kier molecular flexibility index (Phi) is 4.37. The number of rotatable bonds is 5. The predicted molar refractivity (Wildman–Crippen MR) is 81.1 cm³/mol. The van der Waals surface area contributed by atoms with Crippen LogP contribution in [0.1, 0.15) is 13.8 Å². The highest BCUT2D eigenvalue weighted by atomic mass is 32.2. The fraction of sp³-hybridized carbons (Fsp3) is 0.200. The number of hydrogen-bond acceptors (Lipinski definition) is 4. The Balaban J connectivity index is 2.19. The van der Waals surface area contributed by atoms with Crippen LogP contribution in [0.15, 0.2) is 53.4 Å². The van der Waals surface area contributed by atoms with E-state index >= 15 is 0 Å². The molecule has 0 aliphatic carbocycles. The molecule has 0 spiro atoms. The summed E-state index contributed by atoms with van der Waals surface area (Å²) in [5.41, 5.74) is 0.398. The van der Waals surface area contributed by atoms with Gasteiger partial charge in [0.05, 0.1) is 6.10 Å². The number of nitrogens with one attached hydrogen (secondary N) is 1. The van der Waals surface area contributed by atoms with Gasteiger partial charge in [0.25, 0.3) is 10.0 Å². The zero-order chi connectivity index (χ0) is 15.5. The molecule has 0 saturated carbocycles. The average molecular weight is 307 g/mol. The number of sulfonamides is 1. The molecule has 0 aliphatic heterocycles. The molecule has 0 atom stereocenters. The molecule has 2 aromatic carbocycles. The number of para-hydroxylation sites is 1. The van der Waals surface area contributed by atoms with E-state index in [4.69, 9.17) is 4.74 Å². The quantitative estimate of drug-likeness (QED) is 0.890. The summed E-state index contributed by atoms with van der Waals surface area (Å²) in [4.78, 5) is -0.160. The molecular weight excluding hydrogens is 290 g/mol. The Hall–Kier alpha value is -2.21. The monoisotopic (exact) mass is 307 g/mol. The maximum absolute atomic E-state index is 12.2. The number of benzene rings is 2. The van der Waals surface area contributed by atoms with Gasteiger partial charge in [-0.25, -0.2) is 8.42 Å². The lowest BCUT2D eigenvalue weighted by molar-refractivity contribution is 0.242. The van der Waals surface area contributed by atoms with E-state index in [-0.39, 0.29) is 16.7 Å². The van der Waals surface area contributed by atoms with E-state index < -0.39 is 10.0 Å². The van der Waals surface area contributed by atoms with Crippen LogP contribution in [0.5, 0.6) is 11.5 Å². The predicted octanol–water partition coefficient (Wildman–Crippen LogP) is 2.98. The second-order valence-corrected chi connectivity index (χ2v) is 6.42. The molecule has 0 unspecified atom stereocenters. The molecule has 0 aliphatic rings. The molecule has 21 heavy (non-hydrogen) atoms. The van der Waals surface area contributed by atoms with Gasteiger partial charge < -0.3 is 9.84 Å². The topological polar surface area (TPSA) is 75.6 Å². The van der Waals surface area contributed by atoms with Crippen molar-refractivity contribution in [1.82, 2.24) is 0 Å². The maximum atomic E-state index is 12.2. The third kappa shape index (κ3) is 3.88. The van der Waals surface area contributed by atoms with Crippen molar-refractivity contribution >= 4 is 15.7 Å². The van der Waals surface area contributed by atoms with Crippen molar-refractivity contribution in [3.05, 3.63) is 48.5 Å². The van der Waals surface area contributed by atoms with Gasteiger partial charge in [-0.15, -0.1) is 0 Å². The van der Waals surface area contributed by atoms with Crippen molar-refractivity contribution in [2.45, 2.75) is 24.8 Å². The summed E-state index contributed by atoms with van der Waals surface area (Å²) in [6, 6.07) is 12.4. The SMILES string of the molecule is CC(C)Oc1ccc(NS(=O)(=O)c2ccccc2O)cc1. The Bertz CT molecular complexity index is 709. The van der Waals surface area contributed by atoms with Crippen LogP contribution in [0.4, 0.5) is 5.69 Å². The van der Waals surface area contributed by atoms with Crippen LogP contribution >= 0.6 is 0 Å². The molecule has 0 bridgehead atoms. The molecule has 2 rings (SSSR count). The zero-order valence-corrected chi connectivity index (χ0v) is 12.6. The number of aromatic hydroxyl groups is 1. The van der Waals surface area contributed by atoms with Gasteiger partial charge >= 0.3 is 0 Å². The van der Waals surface area contributed by atoms with Gasteiger partial charge in [0, 0.05) is 5.69 Å². The van der Waals surface area contributed by atoms with E-state index in [1.54, 1.807) is 36.4 Å². The van der Waals surface area contributed by atoms with Crippen molar-refractivity contribution in [3.63, 3.8) is 0 Å². The molecule has 6 heteroatoms. The van der Waals surface area contributed by atoms with E-state index in [1.807, 2.05) is 13.8 Å². The first-order chi connectivity index (χ1) is 9.88. The third-order valence-electron chi connectivity index (χ3n) is 2.63. The Morgan fingerprint density at radius 3 is 2.24 bits per heavy atom. The highest BCUT2D eigenvalue weighted by molar-refractivity contribution is 7.92. The van der Waals surface area contributed by atoms with Crippen molar-refractivity contribution in [3.8, 4) is 11.5 Å². The number of anilines is 1. The summed E-state index contributed by atoms with van der Waals surface area (Å²) in [5, 5.41) is 9.63. The molecular formula is C15H17NO4S. The van der Waals surface area contributed by atoms with Gasteiger partial charge in [-0.2, -0.15) is 0 Å². The summed E-state index contributed by atoms with van der Waals surface area (Å²) in [6.45, 7) is 3.82. The van der Waals surface area contributed by atoms with Crippen LogP contribution in [-0.4, -0.2) is 19.6 Å². The summed E-state index contributed by atoms with van der Waals surface area (Å²) >= 11 is 0. The minimum absolute atomic E-state index is 0.0498. The molecule has 0 aromatic heterocycles. The largest absolute Gasteiger partial charge is 0.507 e. The van der Waals surface area contributed by atoms with Crippen molar-refractivity contribution in [1.29, 1.82) is 0 Å². The van der Waals surface area contributed by atoms with Crippen molar-refractivity contribution in [2.75, 3.05) is 4.72 Å². The summed E-state index contributed by atoms with van der Waals surface area (Å²) in [5.74, 6) is 0.375. The van der Waals surface area contributed by atoms with Gasteiger partial charge in [-0.1, -0.05) is 12.1 Å². The number of hydrogen-bond donors (Lipinski definition) is 2. The van der Waals surface area contributed by atoms with Crippen molar-refractivity contribution < 1.29 is 18.3 Å². The number of ether oxygens (including phenoxy) is 1. The van der Waals surface area contributed by atoms with E-state index in [0.29, 0.717) is 11.4 Å². The summed E-state index contributed by atoms with van der Waals surface area (Å²) in [6.07, 6.45) is 0.0498. The van der Waals surface area contributed by atoms with E-state index in [2.05, 4.69) is 4.72 Å². The Labute approximate surface area is 124 Å². The van der Waals surface area contributed by atoms with Gasteiger partial charge in [-0.05, 0) is 50.2 Å². The van der Waals surface area contributed by atoms with Gasteiger partial charge in [-0.3, -0.25) is 4.72 Å². The first-order valence-electron chi connectivity index (χ1n) is 6.46. The summed E-state index contributed by atoms with van der Waals surface area (Å²) < 4.78 is 32.3. The first kappa shape index (κ1) is 15.2. The Morgan fingerprint density at radius 2 is 1.67 bits per heavy atom. The molecule has 0 heterocycles. The van der Waals surface area contributed by atoms with E-state index in [0.717, 1.165) is 0 Å². The fourth-order valence-electron chi connectivity index (χ4n) is 1.77. The van der Waals surface area contributed by atoms with Crippen molar-refractivity contribution in [2.24, 2.45) is 0 Å². The molecule has 0 amide bonds. The van der Waals surface area contributed by atoms with Crippen LogP contribution in [0.3, 0.4) is 0 Å². The third-order valence-corrected chi connectivity index (χ3v) is 4.06. The highest BCUT2D eigenvalue weighted by Gasteiger charge is 2.18. The zero-order valence-electron chi connectivity index (χ0n) is 11.8. The second kappa shape index (κ2) is 6.05. The van der Waals surface area contributed by atoms with Crippen LogP contribution in [-0.2, 0) is 10.0 Å². The molecule has 0 saturated heterocycles. The average Bonchev–Trinajstić information content (AvgIpc) is 2.40. The lowest BCUT2D eigenvalue weighted by Gasteiger charge is -2.12. The van der Waals surface area contributed by atoms with E-state index in [9.17, 15) is 13.5 Å². The lowest BCUT2D eigenvalue weighted by atomic mass is 10.3. The normalized spacial score (nSPS) is 11.4. The van der Waals surface area contributed by atoms with E-state index in [1.165, 1.54) is 12.1 Å². The smallest absolute Gasteiger partial charge is 0.265 e. The minimum Gasteiger partial charge on any atom is -0.507 e. The number of phenolic OH excluding ortho intramolecular Hbond substituents is 1. The maximum Gasteiger partial charge on any atom is 0.265 e. The standard InChI is InChI=1S/C15H17NO4S/c1-11(2)20-13-9-7-12(8-10-13)16-21(18,19)15-6-4-3-5-14(15)17/h3-11,16-17H,1-2H3. The molecule has 2 N–H and O–H groups in total. The van der Waals surface area contributed by atoms with Crippen LogP contribution in [0.25, 0.3) is 0 Å².